The van der Waals surface area contributed by atoms with Crippen LogP contribution in [0.3, 0.4) is 0 Å². The van der Waals surface area contributed by atoms with Crippen LogP contribution in [0.4, 0.5) is 4.39 Å². The van der Waals surface area contributed by atoms with Gasteiger partial charge in [0.25, 0.3) is 0 Å². The molecule has 3 heterocycles. The molecule has 1 aromatic heterocycles. The van der Waals surface area contributed by atoms with E-state index in [0.29, 0.717) is 12.3 Å². The smallest absolute Gasteiger partial charge is 0.233 e. The molecular formula is C23H22FN3O2S. The second-order valence-electron chi connectivity index (χ2n) is 7.56. The molecule has 0 spiro atoms. The van der Waals surface area contributed by atoms with Crippen LogP contribution in [0.15, 0.2) is 60.8 Å². The molecule has 1 amide bonds. The normalized spacial score (nSPS) is 21.5. The molecule has 2 atom stereocenters. The zero-order valence-corrected chi connectivity index (χ0v) is 17.2. The minimum atomic E-state index is -0.284. The van der Waals surface area contributed by atoms with Crippen molar-refractivity contribution < 1.29 is 13.9 Å². The molecule has 7 heteroatoms. The van der Waals surface area contributed by atoms with E-state index in [2.05, 4.69) is 0 Å². The van der Waals surface area contributed by atoms with Gasteiger partial charge in [-0.1, -0.05) is 18.2 Å². The zero-order valence-electron chi connectivity index (χ0n) is 16.4. The molecule has 0 bridgehead atoms. The summed E-state index contributed by atoms with van der Waals surface area (Å²) in [7, 11) is 0. The molecule has 3 aromatic rings. The van der Waals surface area contributed by atoms with E-state index in [1.165, 1.54) is 12.1 Å². The Balaban J connectivity index is 1.56. The number of carbonyl (C=O) groups excluding carboxylic acids is 1. The molecule has 154 valence electrons. The lowest BCUT2D eigenvalue weighted by molar-refractivity contribution is -0.129. The Labute approximate surface area is 178 Å². The fourth-order valence-corrected chi connectivity index (χ4v) is 5.23. The quantitative estimate of drug-likeness (QED) is 0.609. The monoisotopic (exact) mass is 423 g/mol. The van der Waals surface area contributed by atoms with E-state index in [-0.39, 0.29) is 23.2 Å². The summed E-state index contributed by atoms with van der Waals surface area (Å²) in [4.78, 5) is 14.6. The van der Waals surface area contributed by atoms with E-state index < -0.39 is 0 Å². The number of hydrogen-bond acceptors (Lipinski definition) is 4. The molecule has 0 saturated carbocycles. The van der Waals surface area contributed by atoms with E-state index in [1.54, 1.807) is 23.9 Å². The third-order valence-corrected chi connectivity index (χ3v) is 6.78. The average molecular weight is 424 g/mol. The maximum Gasteiger partial charge on any atom is 0.233 e. The molecule has 2 aliphatic rings. The molecule has 2 aliphatic heterocycles. The number of halogens is 1. The van der Waals surface area contributed by atoms with Gasteiger partial charge in [0.2, 0.25) is 5.91 Å². The number of thioether (sulfide) groups is 1. The highest BCUT2D eigenvalue weighted by Crippen LogP contribution is 2.43. The third-order valence-electron chi connectivity index (χ3n) is 5.54. The van der Waals surface area contributed by atoms with Gasteiger partial charge in [-0.2, -0.15) is 5.10 Å². The first-order valence-corrected chi connectivity index (χ1v) is 11.2. The van der Waals surface area contributed by atoms with Crippen LogP contribution in [0.5, 0.6) is 0 Å². The maximum atomic E-state index is 13.5. The van der Waals surface area contributed by atoms with Crippen molar-refractivity contribution in [2.24, 2.45) is 0 Å². The predicted molar refractivity (Wildman–Crippen MR) is 115 cm³/mol. The number of para-hydroxylation sites is 1. The summed E-state index contributed by atoms with van der Waals surface area (Å²) in [6.07, 6.45) is 4.10. The van der Waals surface area contributed by atoms with Gasteiger partial charge in [0.1, 0.15) is 11.2 Å². The van der Waals surface area contributed by atoms with Crippen molar-refractivity contribution in [1.82, 2.24) is 14.7 Å². The van der Waals surface area contributed by atoms with Crippen LogP contribution in [0, 0.1) is 5.82 Å². The number of aromatic nitrogens is 2. The van der Waals surface area contributed by atoms with Gasteiger partial charge in [-0.05, 0) is 49.2 Å². The van der Waals surface area contributed by atoms with Crippen molar-refractivity contribution in [3.63, 3.8) is 0 Å². The van der Waals surface area contributed by atoms with Crippen molar-refractivity contribution in [2.75, 3.05) is 18.9 Å². The Morgan fingerprint density at radius 2 is 1.93 bits per heavy atom. The Morgan fingerprint density at radius 1 is 1.13 bits per heavy atom. The van der Waals surface area contributed by atoms with Gasteiger partial charge in [0, 0.05) is 30.5 Å². The summed E-state index contributed by atoms with van der Waals surface area (Å²) in [5, 5.41) is 4.69. The van der Waals surface area contributed by atoms with Crippen LogP contribution in [-0.2, 0) is 9.53 Å². The lowest BCUT2D eigenvalue weighted by Crippen LogP contribution is -2.35. The Bertz CT molecular complexity index is 1030. The molecule has 2 saturated heterocycles. The largest absolute Gasteiger partial charge is 0.376 e. The minimum absolute atomic E-state index is 0.0913. The fraction of sp³-hybridized carbons (Fsp3) is 0.304. The Kier molecular flexibility index (Phi) is 5.31. The molecule has 2 fully saturated rings. The van der Waals surface area contributed by atoms with Crippen LogP contribution in [0.1, 0.15) is 23.8 Å². The second kappa shape index (κ2) is 8.24. The summed E-state index contributed by atoms with van der Waals surface area (Å²) in [6.45, 7) is 1.35. The van der Waals surface area contributed by atoms with Gasteiger partial charge in [-0.25, -0.2) is 9.07 Å². The van der Waals surface area contributed by atoms with E-state index in [4.69, 9.17) is 9.84 Å². The first-order chi connectivity index (χ1) is 14.7. The van der Waals surface area contributed by atoms with Crippen LogP contribution in [0.2, 0.25) is 0 Å². The Hall–Kier alpha value is -2.64. The van der Waals surface area contributed by atoms with Crippen molar-refractivity contribution in [1.29, 1.82) is 0 Å². The summed E-state index contributed by atoms with van der Waals surface area (Å²) in [6, 6.07) is 16.2. The highest BCUT2D eigenvalue weighted by Gasteiger charge is 2.37. The number of amides is 1. The first-order valence-electron chi connectivity index (χ1n) is 10.1. The molecule has 0 unspecified atom stereocenters. The van der Waals surface area contributed by atoms with Crippen LogP contribution in [-0.4, -0.2) is 45.6 Å². The van der Waals surface area contributed by atoms with Gasteiger partial charge < -0.3 is 9.64 Å². The maximum absolute atomic E-state index is 13.5. The number of hydrogen-bond donors (Lipinski definition) is 0. The molecule has 0 radical (unpaired) electrons. The number of ether oxygens (including phenoxy) is 1. The van der Waals surface area contributed by atoms with Gasteiger partial charge in [0.15, 0.2) is 0 Å². The highest BCUT2D eigenvalue weighted by molar-refractivity contribution is 8.00. The Morgan fingerprint density at radius 3 is 2.67 bits per heavy atom. The number of carbonyl (C=O) groups is 1. The average Bonchev–Trinajstić information content (AvgIpc) is 3.51. The topological polar surface area (TPSA) is 47.4 Å². The van der Waals surface area contributed by atoms with Gasteiger partial charge >= 0.3 is 0 Å². The minimum Gasteiger partial charge on any atom is -0.376 e. The van der Waals surface area contributed by atoms with Crippen molar-refractivity contribution in [2.45, 2.75) is 24.3 Å². The lowest BCUT2D eigenvalue weighted by atomic mass is 10.1. The molecule has 5 nitrogen and oxygen atoms in total. The first kappa shape index (κ1) is 19.3. The van der Waals surface area contributed by atoms with Gasteiger partial charge in [-0.3, -0.25) is 4.79 Å². The summed E-state index contributed by atoms with van der Waals surface area (Å²) in [5.41, 5.74) is 3.49. The second-order valence-corrected chi connectivity index (χ2v) is 8.63. The third kappa shape index (κ3) is 3.75. The number of nitrogens with zero attached hydrogens (tertiary/aromatic N) is 3. The fourth-order valence-electron chi connectivity index (χ4n) is 4.03. The molecule has 0 aliphatic carbocycles. The lowest BCUT2D eigenvalue weighted by Gasteiger charge is -2.26. The highest BCUT2D eigenvalue weighted by atomic mass is 32.2. The van der Waals surface area contributed by atoms with Crippen LogP contribution in [0.25, 0.3) is 16.9 Å². The van der Waals surface area contributed by atoms with E-state index >= 15 is 0 Å². The van der Waals surface area contributed by atoms with Gasteiger partial charge in [-0.15, -0.1) is 11.8 Å². The summed E-state index contributed by atoms with van der Waals surface area (Å²) < 4.78 is 21.1. The van der Waals surface area contributed by atoms with Crippen molar-refractivity contribution >= 4 is 17.7 Å². The molecular weight excluding hydrogens is 401 g/mol. The summed E-state index contributed by atoms with van der Waals surface area (Å²) in [5.74, 6) is 0.280. The van der Waals surface area contributed by atoms with Crippen molar-refractivity contribution in [3.8, 4) is 16.9 Å². The van der Waals surface area contributed by atoms with E-state index in [0.717, 1.165) is 42.0 Å². The standard InChI is InChI=1S/C23H22FN3O2S/c24-17-10-8-16(9-11-17)22-20(14-27(25-22)18-5-2-1-3-6-18)23-26(21(28)15-30-23)13-19-7-4-12-29-19/h1-3,5-6,8-11,14,19,23H,4,7,12-13,15H2/t19-,23+/m0/s1. The predicted octanol–water partition coefficient (Wildman–Crippen LogP) is 4.43. The number of rotatable bonds is 5. The van der Waals surface area contributed by atoms with Gasteiger partial charge in [0.05, 0.1) is 23.2 Å². The summed E-state index contributed by atoms with van der Waals surface area (Å²) >= 11 is 1.61. The molecule has 2 aromatic carbocycles. The SMILES string of the molecule is O=C1CS[C@H](c2cn(-c3ccccc3)nc2-c2ccc(F)cc2)N1C[C@@H]1CCCO1. The number of benzene rings is 2. The van der Waals surface area contributed by atoms with Crippen LogP contribution >= 0.6 is 11.8 Å². The molecule has 30 heavy (non-hydrogen) atoms. The van der Waals surface area contributed by atoms with E-state index in [9.17, 15) is 9.18 Å². The zero-order chi connectivity index (χ0) is 20.5. The van der Waals surface area contributed by atoms with Crippen molar-refractivity contribution in [3.05, 3.63) is 72.2 Å². The van der Waals surface area contributed by atoms with E-state index in [1.807, 2.05) is 46.1 Å². The molecule has 0 N–H and O–H groups in total. The van der Waals surface area contributed by atoms with Crippen LogP contribution < -0.4 is 0 Å². The molecule has 5 rings (SSSR count).